The standard InChI is InChI=1S/C15H23FN2O2/c1-4-6-9-17-15(19)11(3)18-12-7-8-14(20-5-2)13(16)10-12/h7-8,10-11,18H,4-6,9H2,1-3H3,(H,17,19). The molecule has 1 unspecified atom stereocenters. The number of carbonyl (C=O) groups excluding carboxylic acids is 1. The molecular weight excluding hydrogens is 259 g/mol. The van der Waals surface area contributed by atoms with Crippen LogP contribution in [0.4, 0.5) is 10.1 Å². The zero-order valence-corrected chi connectivity index (χ0v) is 12.3. The summed E-state index contributed by atoms with van der Waals surface area (Å²) in [5.74, 6) is -0.304. The zero-order chi connectivity index (χ0) is 15.0. The monoisotopic (exact) mass is 282 g/mol. The molecular formula is C15H23FN2O2. The first-order chi connectivity index (χ1) is 9.58. The Labute approximate surface area is 119 Å². The van der Waals surface area contributed by atoms with Gasteiger partial charge < -0.3 is 15.4 Å². The molecule has 1 amide bonds. The van der Waals surface area contributed by atoms with E-state index in [1.54, 1.807) is 26.0 Å². The summed E-state index contributed by atoms with van der Waals surface area (Å²) in [7, 11) is 0. The lowest BCUT2D eigenvalue weighted by Gasteiger charge is -2.16. The molecule has 1 atom stereocenters. The van der Waals surface area contributed by atoms with Crippen molar-refractivity contribution in [1.29, 1.82) is 0 Å². The van der Waals surface area contributed by atoms with Gasteiger partial charge in [0.1, 0.15) is 6.04 Å². The third-order valence-corrected chi connectivity index (χ3v) is 2.84. The SMILES string of the molecule is CCCCNC(=O)C(C)Nc1ccc(OCC)c(F)c1. The number of hydrogen-bond acceptors (Lipinski definition) is 3. The maximum Gasteiger partial charge on any atom is 0.242 e. The van der Waals surface area contributed by atoms with Gasteiger partial charge in [-0.05, 0) is 32.4 Å². The lowest BCUT2D eigenvalue weighted by molar-refractivity contribution is -0.121. The third-order valence-electron chi connectivity index (χ3n) is 2.84. The van der Waals surface area contributed by atoms with Crippen LogP contribution in [0.5, 0.6) is 5.75 Å². The van der Waals surface area contributed by atoms with Gasteiger partial charge in [-0.3, -0.25) is 4.79 Å². The molecule has 0 aliphatic carbocycles. The minimum Gasteiger partial charge on any atom is -0.491 e. The average molecular weight is 282 g/mol. The summed E-state index contributed by atoms with van der Waals surface area (Å²) in [5, 5.41) is 5.80. The maximum absolute atomic E-state index is 13.7. The first-order valence-corrected chi connectivity index (χ1v) is 7.05. The summed E-state index contributed by atoms with van der Waals surface area (Å²) in [4.78, 5) is 11.8. The second kappa shape index (κ2) is 8.40. The minimum absolute atomic E-state index is 0.0901. The summed E-state index contributed by atoms with van der Waals surface area (Å²) in [5.41, 5.74) is 0.559. The molecule has 0 saturated carbocycles. The Morgan fingerprint density at radius 2 is 2.15 bits per heavy atom. The Hall–Kier alpha value is -1.78. The van der Waals surface area contributed by atoms with Crippen LogP contribution in [0, 0.1) is 5.82 Å². The number of anilines is 1. The van der Waals surface area contributed by atoms with Gasteiger partial charge in [0.15, 0.2) is 11.6 Å². The number of hydrogen-bond donors (Lipinski definition) is 2. The van der Waals surface area contributed by atoms with Crippen molar-refractivity contribution in [3.63, 3.8) is 0 Å². The van der Waals surface area contributed by atoms with Gasteiger partial charge in [0.25, 0.3) is 0 Å². The predicted molar refractivity (Wildman–Crippen MR) is 78.6 cm³/mol. The van der Waals surface area contributed by atoms with Crippen LogP contribution >= 0.6 is 0 Å². The Morgan fingerprint density at radius 1 is 1.40 bits per heavy atom. The van der Waals surface area contributed by atoms with Crippen molar-refractivity contribution in [2.75, 3.05) is 18.5 Å². The second-order valence-corrected chi connectivity index (χ2v) is 4.59. The third kappa shape index (κ3) is 5.07. The van der Waals surface area contributed by atoms with Gasteiger partial charge in [-0.15, -0.1) is 0 Å². The Morgan fingerprint density at radius 3 is 2.75 bits per heavy atom. The highest BCUT2D eigenvalue weighted by Gasteiger charge is 2.13. The van der Waals surface area contributed by atoms with Crippen molar-refractivity contribution in [1.82, 2.24) is 5.32 Å². The fourth-order valence-corrected chi connectivity index (χ4v) is 1.72. The van der Waals surface area contributed by atoms with Crippen molar-refractivity contribution in [2.45, 2.75) is 39.7 Å². The summed E-state index contributed by atoms with van der Waals surface area (Å²) in [6.45, 7) is 6.69. The number of unbranched alkanes of at least 4 members (excludes halogenated alkanes) is 1. The number of amides is 1. The van der Waals surface area contributed by atoms with E-state index in [0.29, 0.717) is 18.8 Å². The van der Waals surface area contributed by atoms with Gasteiger partial charge in [0.2, 0.25) is 5.91 Å². The lowest BCUT2D eigenvalue weighted by Crippen LogP contribution is -2.38. The van der Waals surface area contributed by atoms with Crippen LogP contribution in [0.3, 0.4) is 0 Å². The largest absolute Gasteiger partial charge is 0.491 e. The van der Waals surface area contributed by atoms with E-state index in [-0.39, 0.29) is 11.7 Å². The molecule has 112 valence electrons. The van der Waals surface area contributed by atoms with Crippen LogP contribution in [0.2, 0.25) is 0 Å². The highest BCUT2D eigenvalue weighted by atomic mass is 19.1. The van der Waals surface area contributed by atoms with E-state index >= 15 is 0 Å². The molecule has 2 N–H and O–H groups in total. The molecule has 0 fully saturated rings. The fourth-order valence-electron chi connectivity index (χ4n) is 1.72. The van der Waals surface area contributed by atoms with E-state index in [1.807, 2.05) is 0 Å². The molecule has 0 radical (unpaired) electrons. The van der Waals surface area contributed by atoms with Gasteiger partial charge in [-0.25, -0.2) is 4.39 Å². The van der Waals surface area contributed by atoms with E-state index in [4.69, 9.17) is 4.74 Å². The molecule has 1 aromatic carbocycles. The van der Waals surface area contributed by atoms with Crippen LogP contribution < -0.4 is 15.4 Å². The second-order valence-electron chi connectivity index (χ2n) is 4.59. The van der Waals surface area contributed by atoms with E-state index in [9.17, 15) is 9.18 Å². The van der Waals surface area contributed by atoms with Crippen LogP contribution in [0.15, 0.2) is 18.2 Å². The van der Waals surface area contributed by atoms with Gasteiger partial charge in [0, 0.05) is 18.3 Å². The number of halogens is 1. The van der Waals surface area contributed by atoms with Gasteiger partial charge >= 0.3 is 0 Å². The number of rotatable bonds is 8. The van der Waals surface area contributed by atoms with E-state index < -0.39 is 11.9 Å². The summed E-state index contributed by atoms with van der Waals surface area (Å²) in [6, 6.07) is 4.18. The molecule has 0 saturated heterocycles. The molecule has 0 heterocycles. The van der Waals surface area contributed by atoms with Crippen LogP contribution in [-0.2, 0) is 4.79 Å². The molecule has 5 heteroatoms. The fraction of sp³-hybridized carbons (Fsp3) is 0.533. The van der Waals surface area contributed by atoms with Crippen molar-refractivity contribution in [3.8, 4) is 5.75 Å². The number of nitrogens with one attached hydrogen (secondary N) is 2. The summed E-state index contributed by atoms with van der Waals surface area (Å²) in [6.07, 6.45) is 1.99. The van der Waals surface area contributed by atoms with Crippen molar-refractivity contribution < 1.29 is 13.9 Å². The minimum atomic E-state index is -0.435. The van der Waals surface area contributed by atoms with E-state index in [2.05, 4.69) is 17.6 Å². The summed E-state index contributed by atoms with van der Waals surface area (Å²) < 4.78 is 18.8. The lowest BCUT2D eigenvalue weighted by atomic mass is 10.2. The summed E-state index contributed by atoms with van der Waals surface area (Å²) >= 11 is 0. The molecule has 20 heavy (non-hydrogen) atoms. The zero-order valence-electron chi connectivity index (χ0n) is 12.3. The molecule has 0 bridgehead atoms. The Kier molecular flexibility index (Phi) is 6.84. The molecule has 0 aliphatic heterocycles. The van der Waals surface area contributed by atoms with Gasteiger partial charge in [-0.1, -0.05) is 13.3 Å². The van der Waals surface area contributed by atoms with Crippen LogP contribution in [0.1, 0.15) is 33.6 Å². The van der Waals surface area contributed by atoms with Crippen molar-refractivity contribution >= 4 is 11.6 Å². The van der Waals surface area contributed by atoms with Gasteiger partial charge in [0.05, 0.1) is 6.61 Å². The number of ether oxygens (including phenoxy) is 1. The Bertz CT molecular complexity index is 438. The molecule has 0 aromatic heterocycles. The predicted octanol–water partition coefficient (Wildman–Crippen LogP) is 2.94. The van der Waals surface area contributed by atoms with Crippen molar-refractivity contribution in [2.24, 2.45) is 0 Å². The number of benzene rings is 1. The quantitative estimate of drug-likeness (QED) is 0.721. The van der Waals surface area contributed by atoms with Gasteiger partial charge in [-0.2, -0.15) is 0 Å². The average Bonchev–Trinajstić information content (AvgIpc) is 2.42. The molecule has 1 rings (SSSR count). The highest BCUT2D eigenvalue weighted by molar-refractivity contribution is 5.84. The van der Waals surface area contributed by atoms with Crippen LogP contribution in [0.25, 0.3) is 0 Å². The number of carbonyl (C=O) groups is 1. The van der Waals surface area contributed by atoms with E-state index in [1.165, 1.54) is 6.07 Å². The molecule has 0 spiro atoms. The maximum atomic E-state index is 13.7. The van der Waals surface area contributed by atoms with Crippen molar-refractivity contribution in [3.05, 3.63) is 24.0 Å². The Balaban J connectivity index is 2.55. The molecule has 1 aromatic rings. The van der Waals surface area contributed by atoms with Crippen LogP contribution in [-0.4, -0.2) is 25.1 Å². The first-order valence-electron chi connectivity index (χ1n) is 7.05. The molecule has 4 nitrogen and oxygen atoms in total. The normalized spacial score (nSPS) is 11.8. The topological polar surface area (TPSA) is 50.4 Å². The highest BCUT2D eigenvalue weighted by Crippen LogP contribution is 2.21. The smallest absolute Gasteiger partial charge is 0.242 e. The molecule has 0 aliphatic rings. The van der Waals surface area contributed by atoms with E-state index in [0.717, 1.165) is 12.8 Å². The first kappa shape index (κ1) is 16.3.